The molecule has 1 aliphatic rings. The maximum absolute atomic E-state index is 13.7. The molecular formula is C20H25Cl4FN4O. The molecule has 166 valence electrons. The number of hydrogen-bond acceptors (Lipinski definition) is 4. The van der Waals surface area contributed by atoms with Gasteiger partial charge in [-0.15, -0.1) is 37.2 Å². The van der Waals surface area contributed by atoms with Crippen molar-refractivity contribution in [1.29, 1.82) is 0 Å². The average molecular weight is 498 g/mol. The molecule has 2 atom stereocenters. The van der Waals surface area contributed by atoms with Crippen LogP contribution in [0.25, 0.3) is 22.2 Å². The van der Waals surface area contributed by atoms with E-state index in [-0.39, 0.29) is 55.2 Å². The van der Waals surface area contributed by atoms with Gasteiger partial charge in [-0.3, -0.25) is 4.98 Å². The molecule has 1 saturated heterocycles. The molecule has 0 aliphatic carbocycles. The third-order valence-electron chi connectivity index (χ3n) is 5.16. The van der Waals surface area contributed by atoms with E-state index in [1.807, 2.05) is 12.1 Å². The summed E-state index contributed by atoms with van der Waals surface area (Å²) in [6, 6.07) is 5.24. The van der Waals surface area contributed by atoms with E-state index < -0.39 is 0 Å². The molecule has 10 heteroatoms. The topological polar surface area (TPSA) is 63.0 Å². The molecule has 0 bridgehead atoms. The molecule has 3 aromatic rings. The second-order valence-electron chi connectivity index (χ2n) is 7.06. The lowest BCUT2D eigenvalue weighted by Gasteiger charge is -2.29. The van der Waals surface area contributed by atoms with Crippen molar-refractivity contribution >= 4 is 59.9 Å². The number of nitrogens with zero attached hydrogens (tertiary/aromatic N) is 3. The highest BCUT2D eigenvalue weighted by Gasteiger charge is 2.22. The van der Waals surface area contributed by atoms with Gasteiger partial charge >= 0.3 is 0 Å². The molecule has 2 aromatic heterocycles. The van der Waals surface area contributed by atoms with Crippen molar-refractivity contribution in [1.82, 2.24) is 19.9 Å². The molecule has 3 heterocycles. The van der Waals surface area contributed by atoms with Gasteiger partial charge in [0, 0.05) is 34.9 Å². The van der Waals surface area contributed by atoms with Gasteiger partial charge in [-0.25, -0.2) is 9.37 Å². The first-order valence-electron chi connectivity index (χ1n) is 9.28. The van der Waals surface area contributed by atoms with Gasteiger partial charge in [0.15, 0.2) is 0 Å². The summed E-state index contributed by atoms with van der Waals surface area (Å²) in [5.74, 6) is -0.385. The number of fused-ring (bicyclic) bond motifs is 1. The molecule has 4 rings (SSSR count). The molecule has 0 amide bonds. The van der Waals surface area contributed by atoms with Crippen LogP contribution in [0, 0.1) is 5.82 Å². The van der Waals surface area contributed by atoms with E-state index in [1.54, 1.807) is 12.5 Å². The number of hydrogen-bond donors (Lipinski definition) is 2. The van der Waals surface area contributed by atoms with Crippen LogP contribution in [0.4, 0.5) is 4.39 Å². The number of benzene rings is 1. The third kappa shape index (κ3) is 5.96. The van der Waals surface area contributed by atoms with Crippen LogP contribution in [-0.2, 0) is 6.54 Å². The number of halogens is 5. The van der Waals surface area contributed by atoms with Crippen LogP contribution in [0.1, 0.15) is 25.7 Å². The van der Waals surface area contributed by atoms with Crippen LogP contribution in [0.15, 0.2) is 36.9 Å². The van der Waals surface area contributed by atoms with Crippen LogP contribution in [0.3, 0.4) is 0 Å². The van der Waals surface area contributed by atoms with E-state index >= 15 is 0 Å². The Kier molecular flexibility index (Phi) is 10.8. The SMILES string of the molecule is Cl.Cl.Cl.O[C@H]1CCCN[C@@H]1CCCn1cnc2cc(Cl)cc(-c3cncc(F)c3)c21. The molecule has 5 nitrogen and oxygen atoms in total. The molecule has 2 N–H and O–H groups in total. The van der Waals surface area contributed by atoms with Crippen molar-refractivity contribution in [3.05, 3.63) is 47.8 Å². The predicted octanol–water partition coefficient (Wildman–Crippen LogP) is 5.05. The van der Waals surface area contributed by atoms with Gasteiger partial charge in [0.25, 0.3) is 0 Å². The molecule has 1 fully saturated rings. The van der Waals surface area contributed by atoms with Gasteiger partial charge in [0.1, 0.15) is 5.82 Å². The number of aryl methyl sites for hydroxylation is 1. The fourth-order valence-electron chi connectivity index (χ4n) is 3.84. The van der Waals surface area contributed by atoms with Crippen molar-refractivity contribution in [3.63, 3.8) is 0 Å². The largest absolute Gasteiger partial charge is 0.392 e. The summed E-state index contributed by atoms with van der Waals surface area (Å²) in [4.78, 5) is 8.43. The second kappa shape index (κ2) is 12.0. The summed E-state index contributed by atoms with van der Waals surface area (Å²) < 4.78 is 15.7. The Bertz CT molecular complexity index is 956. The maximum atomic E-state index is 13.7. The maximum Gasteiger partial charge on any atom is 0.142 e. The van der Waals surface area contributed by atoms with E-state index in [9.17, 15) is 9.50 Å². The normalized spacial score (nSPS) is 18.2. The minimum Gasteiger partial charge on any atom is -0.392 e. The Morgan fingerprint density at radius 2 is 2.00 bits per heavy atom. The lowest BCUT2D eigenvalue weighted by Crippen LogP contribution is -2.44. The van der Waals surface area contributed by atoms with Gasteiger partial charge in [0.2, 0.25) is 0 Å². The van der Waals surface area contributed by atoms with Crippen LogP contribution in [0.5, 0.6) is 0 Å². The monoisotopic (exact) mass is 496 g/mol. The zero-order valence-corrected chi connectivity index (χ0v) is 19.3. The quantitative estimate of drug-likeness (QED) is 0.517. The first-order chi connectivity index (χ1) is 13.1. The van der Waals surface area contributed by atoms with Crippen LogP contribution >= 0.6 is 48.8 Å². The van der Waals surface area contributed by atoms with Crippen molar-refractivity contribution in [2.75, 3.05) is 6.54 Å². The summed E-state index contributed by atoms with van der Waals surface area (Å²) in [5.41, 5.74) is 3.19. The first kappa shape index (κ1) is 26.9. The highest BCUT2D eigenvalue weighted by Crippen LogP contribution is 2.32. The van der Waals surface area contributed by atoms with Crippen molar-refractivity contribution in [2.24, 2.45) is 0 Å². The zero-order valence-electron chi connectivity index (χ0n) is 16.1. The lowest BCUT2D eigenvalue weighted by atomic mass is 9.97. The minimum atomic E-state index is -0.385. The fourth-order valence-corrected chi connectivity index (χ4v) is 4.05. The summed E-state index contributed by atoms with van der Waals surface area (Å²) in [6.45, 7) is 1.73. The Balaban J connectivity index is 0.00000150. The average Bonchev–Trinajstić information content (AvgIpc) is 3.05. The number of aliphatic hydroxyl groups excluding tert-OH is 1. The van der Waals surface area contributed by atoms with Crippen LogP contribution in [-0.4, -0.2) is 38.3 Å². The molecular weight excluding hydrogens is 473 g/mol. The van der Waals surface area contributed by atoms with Gasteiger partial charge in [-0.2, -0.15) is 0 Å². The Morgan fingerprint density at radius 1 is 1.20 bits per heavy atom. The summed E-state index contributed by atoms with van der Waals surface area (Å²) in [5, 5.41) is 14.1. The van der Waals surface area contributed by atoms with Gasteiger partial charge in [-0.05, 0) is 50.4 Å². The molecule has 30 heavy (non-hydrogen) atoms. The van der Waals surface area contributed by atoms with E-state index in [2.05, 4.69) is 19.9 Å². The van der Waals surface area contributed by atoms with Crippen LogP contribution in [0.2, 0.25) is 5.02 Å². The number of piperidine rings is 1. The highest BCUT2D eigenvalue weighted by molar-refractivity contribution is 6.31. The number of pyridine rings is 1. The number of imidazole rings is 1. The van der Waals surface area contributed by atoms with Gasteiger partial charge < -0.3 is 15.0 Å². The van der Waals surface area contributed by atoms with E-state index in [1.165, 1.54) is 12.3 Å². The fraction of sp³-hybridized carbons (Fsp3) is 0.400. The molecule has 0 unspecified atom stereocenters. The Hall–Kier alpha value is -1.15. The van der Waals surface area contributed by atoms with Gasteiger partial charge in [-0.1, -0.05) is 11.6 Å². The zero-order chi connectivity index (χ0) is 18.8. The molecule has 0 saturated carbocycles. The van der Waals surface area contributed by atoms with Crippen molar-refractivity contribution in [2.45, 2.75) is 44.4 Å². The predicted molar refractivity (Wildman–Crippen MR) is 126 cm³/mol. The number of nitrogens with one attached hydrogen (secondary N) is 1. The number of aliphatic hydroxyl groups is 1. The van der Waals surface area contributed by atoms with E-state index in [0.29, 0.717) is 10.6 Å². The highest BCUT2D eigenvalue weighted by atomic mass is 35.5. The molecule has 1 aliphatic heterocycles. The van der Waals surface area contributed by atoms with Crippen LogP contribution < -0.4 is 5.32 Å². The number of rotatable bonds is 5. The minimum absolute atomic E-state index is 0. The standard InChI is InChI=1S/C20H22ClFN4O.3ClH/c21-14-8-16(13-7-15(22)11-23-10-13)20-18(9-14)25-12-26(20)6-2-3-17-19(27)4-1-5-24-17;;;/h7-12,17,19,24,27H,1-6H2;3*1H/t17-,19+;;;/m1.../s1. The van der Waals surface area contributed by atoms with E-state index in [0.717, 1.165) is 55.4 Å². The first-order valence-corrected chi connectivity index (χ1v) is 9.66. The summed E-state index contributed by atoms with van der Waals surface area (Å²) in [7, 11) is 0. The molecule has 0 radical (unpaired) electrons. The van der Waals surface area contributed by atoms with E-state index in [4.69, 9.17) is 11.6 Å². The van der Waals surface area contributed by atoms with Crippen molar-refractivity contribution in [3.8, 4) is 11.1 Å². The number of aromatic nitrogens is 3. The van der Waals surface area contributed by atoms with Gasteiger partial charge in [0.05, 0.1) is 29.7 Å². The smallest absolute Gasteiger partial charge is 0.142 e. The molecule has 1 aromatic carbocycles. The van der Waals surface area contributed by atoms with Crippen molar-refractivity contribution < 1.29 is 9.50 Å². The third-order valence-corrected chi connectivity index (χ3v) is 5.37. The second-order valence-corrected chi connectivity index (χ2v) is 7.50. The Labute approximate surface area is 198 Å². The molecule has 0 spiro atoms. The Morgan fingerprint density at radius 3 is 2.73 bits per heavy atom. The lowest BCUT2D eigenvalue weighted by molar-refractivity contribution is 0.0909. The summed E-state index contributed by atoms with van der Waals surface area (Å²) in [6.07, 6.45) is 8.03. The summed E-state index contributed by atoms with van der Waals surface area (Å²) >= 11 is 6.25.